The van der Waals surface area contributed by atoms with Gasteiger partial charge in [-0.2, -0.15) is 0 Å². The molecule has 2 saturated heterocycles. The van der Waals surface area contributed by atoms with Crippen molar-refractivity contribution in [2.75, 3.05) is 72.0 Å². The summed E-state index contributed by atoms with van der Waals surface area (Å²) in [7, 11) is 0. The van der Waals surface area contributed by atoms with Crippen LogP contribution in [0.5, 0.6) is 0 Å². The van der Waals surface area contributed by atoms with E-state index in [1.54, 1.807) is 0 Å². The minimum atomic E-state index is 0.158. The van der Waals surface area contributed by atoms with Crippen LogP contribution in [0.3, 0.4) is 0 Å². The molecule has 0 aromatic heterocycles. The van der Waals surface area contributed by atoms with Crippen LogP contribution in [0.2, 0.25) is 0 Å². The van der Waals surface area contributed by atoms with E-state index in [2.05, 4.69) is 46.1 Å². The molecule has 0 radical (unpaired) electrons. The lowest BCUT2D eigenvalue weighted by molar-refractivity contribution is -0.122. The summed E-state index contributed by atoms with van der Waals surface area (Å²) in [4.78, 5) is 19.5. The van der Waals surface area contributed by atoms with Gasteiger partial charge in [0.05, 0.1) is 6.54 Å². The highest BCUT2D eigenvalue weighted by atomic mass is 16.2. The molecule has 2 rings (SSSR count). The van der Waals surface area contributed by atoms with E-state index in [4.69, 9.17) is 0 Å². The fraction of sp³-hybridized carbons (Fsp3) is 0.947. The number of rotatable bonds is 9. The van der Waals surface area contributed by atoms with E-state index < -0.39 is 0 Å². The lowest BCUT2D eigenvalue weighted by Crippen LogP contribution is -2.51. The van der Waals surface area contributed by atoms with E-state index in [0.29, 0.717) is 19.1 Å². The molecule has 2 fully saturated rings. The topological polar surface area (TPSA) is 50.9 Å². The predicted molar refractivity (Wildman–Crippen MR) is 104 cm³/mol. The van der Waals surface area contributed by atoms with E-state index in [1.807, 2.05) is 0 Å². The molecule has 0 atom stereocenters. The van der Waals surface area contributed by atoms with Crippen LogP contribution in [-0.4, -0.2) is 98.6 Å². The van der Waals surface area contributed by atoms with Crippen molar-refractivity contribution in [3.63, 3.8) is 0 Å². The van der Waals surface area contributed by atoms with E-state index >= 15 is 0 Å². The van der Waals surface area contributed by atoms with Crippen molar-refractivity contribution in [2.45, 2.75) is 39.7 Å². The normalized spacial score (nSPS) is 21.8. The van der Waals surface area contributed by atoms with Crippen LogP contribution in [0.4, 0.5) is 0 Å². The molecule has 1 amide bonds. The average Bonchev–Trinajstić information content (AvgIpc) is 2.61. The second-order valence-corrected chi connectivity index (χ2v) is 7.91. The molecule has 2 aliphatic heterocycles. The number of carbonyl (C=O) groups is 1. The summed E-state index contributed by atoms with van der Waals surface area (Å²) in [5.74, 6) is 1.03. The monoisotopic (exact) mass is 353 g/mol. The third-order valence-corrected chi connectivity index (χ3v) is 5.50. The van der Waals surface area contributed by atoms with Crippen molar-refractivity contribution in [3.8, 4) is 0 Å². The molecule has 0 saturated carbocycles. The minimum Gasteiger partial charge on any atom is -0.354 e. The lowest BCUT2D eigenvalue weighted by Gasteiger charge is -2.38. The Kier molecular flexibility index (Phi) is 9.17. The molecule has 0 bridgehead atoms. The molecule has 2 N–H and O–H groups in total. The summed E-state index contributed by atoms with van der Waals surface area (Å²) in [5.41, 5.74) is 0. The summed E-state index contributed by atoms with van der Waals surface area (Å²) in [6.07, 6.45) is 2.70. The highest BCUT2D eigenvalue weighted by Crippen LogP contribution is 2.18. The maximum Gasteiger partial charge on any atom is 0.234 e. The fourth-order valence-electron chi connectivity index (χ4n) is 3.80. The second kappa shape index (κ2) is 11.1. The van der Waals surface area contributed by atoms with Crippen LogP contribution >= 0.6 is 0 Å². The molecule has 25 heavy (non-hydrogen) atoms. The molecule has 0 spiro atoms. The third kappa shape index (κ3) is 8.03. The Balaban J connectivity index is 1.54. The number of likely N-dealkylation sites (tertiary alicyclic amines) is 1. The highest BCUT2D eigenvalue weighted by Gasteiger charge is 2.23. The van der Waals surface area contributed by atoms with Crippen molar-refractivity contribution >= 4 is 5.91 Å². The van der Waals surface area contributed by atoms with E-state index in [9.17, 15) is 4.79 Å². The molecule has 0 aromatic carbocycles. The fourth-order valence-corrected chi connectivity index (χ4v) is 3.80. The first-order valence-electron chi connectivity index (χ1n) is 10.2. The standard InChI is InChI=1S/C19H39N5O/c1-4-22-9-5-18(6-10-22)15-23-11-13-24(14-12-23)16-19(25)21-8-7-20-17(2)3/h17-18,20H,4-16H2,1-3H3,(H,21,25). The van der Waals surface area contributed by atoms with Gasteiger partial charge in [0, 0.05) is 51.9 Å². The minimum absolute atomic E-state index is 0.158. The van der Waals surface area contributed by atoms with Gasteiger partial charge in [0.1, 0.15) is 0 Å². The van der Waals surface area contributed by atoms with Gasteiger partial charge in [-0.15, -0.1) is 0 Å². The van der Waals surface area contributed by atoms with Crippen molar-refractivity contribution < 1.29 is 4.79 Å². The van der Waals surface area contributed by atoms with Crippen molar-refractivity contribution in [3.05, 3.63) is 0 Å². The van der Waals surface area contributed by atoms with Gasteiger partial charge in [-0.05, 0) is 38.4 Å². The largest absolute Gasteiger partial charge is 0.354 e. The number of amides is 1. The molecule has 0 aromatic rings. The molecular formula is C19H39N5O. The molecule has 2 heterocycles. The van der Waals surface area contributed by atoms with Gasteiger partial charge in [-0.1, -0.05) is 20.8 Å². The first-order valence-corrected chi connectivity index (χ1v) is 10.2. The van der Waals surface area contributed by atoms with Crippen molar-refractivity contribution in [2.24, 2.45) is 5.92 Å². The Bertz CT molecular complexity index is 374. The van der Waals surface area contributed by atoms with Crippen LogP contribution in [0.1, 0.15) is 33.6 Å². The summed E-state index contributed by atoms with van der Waals surface area (Å²) in [6.45, 7) is 17.8. The number of piperidine rings is 1. The zero-order chi connectivity index (χ0) is 18.1. The quantitative estimate of drug-likeness (QED) is 0.590. The Morgan fingerprint density at radius 1 is 0.960 bits per heavy atom. The number of nitrogens with zero attached hydrogens (tertiary/aromatic N) is 3. The van der Waals surface area contributed by atoms with Crippen LogP contribution in [0, 0.1) is 5.92 Å². The smallest absolute Gasteiger partial charge is 0.234 e. The summed E-state index contributed by atoms with van der Waals surface area (Å²) < 4.78 is 0. The van der Waals surface area contributed by atoms with Gasteiger partial charge in [0.15, 0.2) is 0 Å². The van der Waals surface area contributed by atoms with Gasteiger partial charge < -0.3 is 20.4 Å². The number of piperazine rings is 1. The van der Waals surface area contributed by atoms with Crippen molar-refractivity contribution in [1.82, 2.24) is 25.3 Å². The van der Waals surface area contributed by atoms with E-state index in [-0.39, 0.29) is 5.91 Å². The van der Waals surface area contributed by atoms with Gasteiger partial charge in [-0.25, -0.2) is 0 Å². The second-order valence-electron chi connectivity index (χ2n) is 7.91. The van der Waals surface area contributed by atoms with Gasteiger partial charge in [-0.3, -0.25) is 9.69 Å². The Morgan fingerprint density at radius 2 is 1.60 bits per heavy atom. The number of hydrogen-bond acceptors (Lipinski definition) is 5. The number of hydrogen-bond donors (Lipinski definition) is 2. The van der Waals surface area contributed by atoms with Crippen LogP contribution in [-0.2, 0) is 4.79 Å². The van der Waals surface area contributed by atoms with Crippen molar-refractivity contribution in [1.29, 1.82) is 0 Å². The lowest BCUT2D eigenvalue weighted by atomic mass is 9.96. The maximum atomic E-state index is 12.0. The number of nitrogens with one attached hydrogen (secondary N) is 2. The molecule has 6 heteroatoms. The number of carbonyl (C=O) groups excluding carboxylic acids is 1. The van der Waals surface area contributed by atoms with Crippen LogP contribution < -0.4 is 10.6 Å². The first kappa shape index (κ1) is 20.6. The first-order chi connectivity index (χ1) is 12.1. The Hall–Kier alpha value is -0.690. The summed E-state index contributed by atoms with van der Waals surface area (Å²) >= 11 is 0. The highest BCUT2D eigenvalue weighted by molar-refractivity contribution is 5.78. The zero-order valence-electron chi connectivity index (χ0n) is 16.6. The predicted octanol–water partition coefficient (Wildman–Crippen LogP) is 0.450. The zero-order valence-corrected chi connectivity index (χ0v) is 16.6. The molecule has 6 nitrogen and oxygen atoms in total. The van der Waals surface area contributed by atoms with Gasteiger partial charge >= 0.3 is 0 Å². The van der Waals surface area contributed by atoms with Gasteiger partial charge in [0.25, 0.3) is 0 Å². The Labute approximate surface area is 154 Å². The SMILES string of the molecule is CCN1CCC(CN2CCN(CC(=O)NCCNC(C)C)CC2)CC1. The average molecular weight is 354 g/mol. The molecule has 0 aliphatic carbocycles. The molecular weight excluding hydrogens is 314 g/mol. The maximum absolute atomic E-state index is 12.0. The third-order valence-electron chi connectivity index (χ3n) is 5.50. The summed E-state index contributed by atoms with van der Waals surface area (Å²) in [6, 6.07) is 0.471. The Morgan fingerprint density at radius 3 is 2.20 bits per heavy atom. The van der Waals surface area contributed by atoms with E-state index in [1.165, 1.54) is 39.0 Å². The molecule has 0 unspecified atom stereocenters. The summed E-state index contributed by atoms with van der Waals surface area (Å²) in [5, 5.41) is 6.33. The van der Waals surface area contributed by atoms with Crippen LogP contribution in [0.15, 0.2) is 0 Å². The van der Waals surface area contributed by atoms with Crippen LogP contribution in [0.25, 0.3) is 0 Å². The molecule has 2 aliphatic rings. The van der Waals surface area contributed by atoms with E-state index in [0.717, 1.165) is 38.6 Å². The van der Waals surface area contributed by atoms with Gasteiger partial charge in [0.2, 0.25) is 5.91 Å². The molecule has 146 valence electrons.